The predicted octanol–water partition coefficient (Wildman–Crippen LogP) is 1.56. The van der Waals surface area contributed by atoms with Crippen molar-refractivity contribution in [3.63, 3.8) is 0 Å². The monoisotopic (exact) mass is 357 g/mol. The molecule has 1 aliphatic heterocycles. The summed E-state index contributed by atoms with van der Waals surface area (Å²) in [6.45, 7) is 2.10. The Balaban J connectivity index is 1.60. The van der Waals surface area contributed by atoms with Gasteiger partial charge < -0.3 is 24.3 Å². The Labute approximate surface area is 152 Å². The fraction of sp³-hybridized carbons (Fsp3) is 0.368. The molecule has 1 aromatic heterocycles. The molecular weight excluding hydrogens is 334 g/mol. The predicted molar refractivity (Wildman–Crippen MR) is 96.5 cm³/mol. The van der Waals surface area contributed by atoms with Crippen molar-refractivity contribution >= 4 is 11.8 Å². The molecule has 7 heteroatoms. The first-order chi connectivity index (χ1) is 12.6. The third-order valence-corrected chi connectivity index (χ3v) is 4.58. The highest BCUT2D eigenvalue weighted by Crippen LogP contribution is 2.25. The fourth-order valence-electron chi connectivity index (χ4n) is 3.09. The number of nitrogens with zero attached hydrogens (tertiary/aromatic N) is 2. The first-order valence-corrected chi connectivity index (χ1v) is 8.53. The van der Waals surface area contributed by atoms with Crippen LogP contribution in [0.15, 0.2) is 36.5 Å². The molecule has 0 unspecified atom stereocenters. The van der Waals surface area contributed by atoms with E-state index in [1.807, 2.05) is 6.07 Å². The average Bonchev–Trinajstić information content (AvgIpc) is 3.22. The number of ether oxygens (including phenoxy) is 2. The van der Waals surface area contributed by atoms with Gasteiger partial charge in [-0.3, -0.25) is 9.59 Å². The molecule has 1 N–H and O–H groups in total. The quantitative estimate of drug-likeness (QED) is 0.881. The first-order valence-electron chi connectivity index (χ1n) is 8.53. The van der Waals surface area contributed by atoms with E-state index in [0.29, 0.717) is 43.4 Å². The second-order valence-corrected chi connectivity index (χ2v) is 6.11. The lowest BCUT2D eigenvalue weighted by atomic mass is 10.1. The van der Waals surface area contributed by atoms with Crippen LogP contribution in [0.2, 0.25) is 0 Å². The molecule has 2 amide bonds. The van der Waals surface area contributed by atoms with Gasteiger partial charge in [-0.25, -0.2) is 0 Å². The lowest BCUT2D eigenvalue weighted by Crippen LogP contribution is -2.51. The summed E-state index contributed by atoms with van der Waals surface area (Å²) in [4.78, 5) is 31.5. The minimum atomic E-state index is -0.0310. The third-order valence-electron chi connectivity index (χ3n) is 4.58. The van der Waals surface area contributed by atoms with Gasteiger partial charge in [-0.2, -0.15) is 0 Å². The largest absolute Gasteiger partial charge is 0.497 e. The molecule has 0 atom stereocenters. The van der Waals surface area contributed by atoms with Gasteiger partial charge in [-0.05, 0) is 30.3 Å². The Morgan fingerprint density at radius 1 is 1.04 bits per heavy atom. The molecule has 2 heterocycles. The van der Waals surface area contributed by atoms with Gasteiger partial charge in [0.2, 0.25) is 5.91 Å². The minimum Gasteiger partial charge on any atom is -0.497 e. The number of carbonyl (C=O) groups is 2. The number of rotatable bonds is 5. The number of hydrogen-bond donors (Lipinski definition) is 1. The van der Waals surface area contributed by atoms with Crippen molar-refractivity contribution in [1.82, 2.24) is 14.8 Å². The lowest BCUT2D eigenvalue weighted by Gasteiger charge is -2.34. The Bertz CT molecular complexity index is 765. The van der Waals surface area contributed by atoms with Crippen LogP contribution in [0, 0.1) is 0 Å². The van der Waals surface area contributed by atoms with Gasteiger partial charge in [-0.15, -0.1) is 0 Å². The van der Waals surface area contributed by atoms with Crippen molar-refractivity contribution in [2.24, 2.45) is 0 Å². The maximum Gasteiger partial charge on any atom is 0.270 e. The van der Waals surface area contributed by atoms with Gasteiger partial charge in [-0.1, -0.05) is 0 Å². The van der Waals surface area contributed by atoms with Crippen molar-refractivity contribution in [3.05, 3.63) is 47.8 Å². The number of nitrogens with one attached hydrogen (secondary N) is 1. The molecule has 0 saturated carbocycles. The lowest BCUT2D eigenvalue weighted by molar-refractivity contribution is -0.131. The SMILES string of the molecule is COc1ccc(OC)c(CC(=O)N2CCN(C(=O)c3ccc[nH]3)CC2)c1. The van der Waals surface area contributed by atoms with E-state index in [1.165, 1.54) is 0 Å². The van der Waals surface area contributed by atoms with Crippen LogP contribution in [0.4, 0.5) is 0 Å². The second-order valence-electron chi connectivity index (χ2n) is 6.11. The van der Waals surface area contributed by atoms with Crippen LogP contribution in [0.25, 0.3) is 0 Å². The van der Waals surface area contributed by atoms with Crippen molar-refractivity contribution in [2.75, 3.05) is 40.4 Å². The number of methoxy groups -OCH3 is 2. The van der Waals surface area contributed by atoms with Gasteiger partial charge in [0.25, 0.3) is 5.91 Å². The molecule has 7 nitrogen and oxygen atoms in total. The summed E-state index contributed by atoms with van der Waals surface area (Å²) >= 11 is 0. The molecule has 1 saturated heterocycles. The topological polar surface area (TPSA) is 74.9 Å². The summed E-state index contributed by atoms with van der Waals surface area (Å²) in [5.41, 5.74) is 1.37. The van der Waals surface area contributed by atoms with E-state index in [1.54, 1.807) is 54.5 Å². The number of benzene rings is 1. The minimum absolute atomic E-state index is 0.0172. The second kappa shape index (κ2) is 7.95. The van der Waals surface area contributed by atoms with Crippen LogP contribution in [-0.2, 0) is 11.2 Å². The fourth-order valence-corrected chi connectivity index (χ4v) is 3.09. The van der Waals surface area contributed by atoms with Crippen LogP contribution in [0.1, 0.15) is 16.1 Å². The van der Waals surface area contributed by atoms with Crippen molar-refractivity contribution in [3.8, 4) is 11.5 Å². The summed E-state index contributed by atoms with van der Waals surface area (Å²) in [6, 6.07) is 8.98. The highest BCUT2D eigenvalue weighted by atomic mass is 16.5. The molecule has 1 fully saturated rings. The van der Waals surface area contributed by atoms with Crippen LogP contribution in [0.3, 0.4) is 0 Å². The zero-order valence-electron chi connectivity index (χ0n) is 15.0. The third kappa shape index (κ3) is 3.82. The van der Waals surface area contributed by atoms with Crippen LogP contribution < -0.4 is 9.47 Å². The molecule has 0 radical (unpaired) electrons. The molecular formula is C19H23N3O4. The van der Waals surface area contributed by atoms with Crippen molar-refractivity contribution in [1.29, 1.82) is 0 Å². The molecule has 2 aromatic rings. The summed E-state index contributed by atoms with van der Waals surface area (Å²) in [5.74, 6) is 1.34. The number of aromatic amines is 1. The van der Waals surface area contributed by atoms with Crippen LogP contribution in [0.5, 0.6) is 11.5 Å². The molecule has 0 bridgehead atoms. The summed E-state index contributed by atoms with van der Waals surface area (Å²) in [5, 5.41) is 0. The zero-order valence-corrected chi connectivity index (χ0v) is 15.0. The Morgan fingerprint density at radius 2 is 1.77 bits per heavy atom. The molecule has 0 aliphatic carbocycles. The summed E-state index contributed by atoms with van der Waals surface area (Å²) in [7, 11) is 3.18. The van der Waals surface area contributed by atoms with Crippen LogP contribution in [-0.4, -0.2) is 67.0 Å². The van der Waals surface area contributed by atoms with E-state index in [9.17, 15) is 9.59 Å². The number of carbonyl (C=O) groups excluding carboxylic acids is 2. The molecule has 26 heavy (non-hydrogen) atoms. The Morgan fingerprint density at radius 3 is 2.38 bits per heavy atom. The van der Waals surface area contributed by atoms with Crippen molar-refractivity contribution < 1.29 is 19.1 Å². The van der Waals surface area contributed by atoms with Gasteiger partial charge in [0.1, 0.15) is 17.2 Å². The smallest absolute Gasteiger partial charge is 0.270 e. The Kier molecular flexibility index (Phi) is 5.46. The van der Waals surface area contributed by atoms with E-state index in [2.05, 4.69) is 4.98 Å². The number of aromatic nitrogens is 1. The highest BCUT2D eigenvalue weighted by molar-refractivity contribution is 5.92. The number of piperazine rings is 1. The molecule has 138 valence electrons. The first kappa shape index (κ1) is 17.8. The van der Waals surface area contributed by atoms with Gasteiger partial charge in [0.05, 0.1) is 20.6 Å². The number of hydrogen-bond acceptors (Lipinski definition) is 4. The van der Waals surface area contributed by atoms with E-state index in [0.717, 1.165) is 5.56 Å². The maximum absolute atomic E-state index is 12.7. The molecule has 1 aliphatic rings. The summed E-state index contributed by atoms with van der Waals surface area (Å²) in [6.07, 6.45) is 1.97. The van der Waals surface area contributed by atoms with E-state index in [-0.39, 0.29) is 18.2 Å². The Hall–Kier alpha value is -2.96. The standard InChI is InChI=1S/C19H23N3O4/c1-25-15-5-6-17(26-2)14(12-15)13-18(23)21-8-10-22(11-9-21)19(24)16-4-3-7-20-16/h3-7,12,20H,8-11,13H2,1-2H3. The van der Waals surface area contributed by atoms with Gasteiger partial charge in [0.15, 0.2) is 0 Å². The van der Waals surface area contributed by atoms with Crippen molar-refractivity contribution in [2.45, 2.75) is 6.42 Å². The normalized spacial score (nSPS) is 14.2. The van der Waals surface area contributed by atoms with Gasteiger partial charge >= 0.3 is 0 Å². The average molecular weight is 357 g/mol. The number of H-pyrrole nitrogens is 1. The number of amides is 2. The van der Waals surface area contributed by atoms with E-state index >= 15 is 0 Å². The van der Waals surface area contributed by atoms with Crippen LogP contribution >= 0.6 is 0 Å². The molecule has 0 spiro atoms. The molecule has 3 rings (SSSR count). The van der Waals surface area contributed by atoms with E-state index < -0.39 is 0 Å². The zero-order chi connectivity index (χ0) is 18.5. The highest BCUT2D eigenvalue weighted by Gasteiger charge is 2.25. The van der Waals surface area contributed by atoms with E-state index in [4.69, 9.17) is 9.47 Å². The molecule has 1 aromatic carbocycles. The summed E-state index contributed by atoms with van der Waals surface area (Å²) < 4.78 is 10.6. The van der Waals surface area contributed by atoms with Gasteiger partial charge in [0, 0.05) is 37.9 Å². The maximum atomic E-state index is 12.7.